The molecule has 1 aromatic carbocycles. The summed E-state index contributed by atoms with van der Waals surface area (Å²) in [6.07, 6.45) is 2.85. The molecule has 0 bridgehead atoms. The molecular formula is C14H17N3O6S2. The van der Waals surface area contributed by atoms with Crippen LogP contribution in [0.25, 0.3) is 0 Å². The molecule has 9 nitrogen and oxygen atoms in total. The van der Waals surface area contributed by atoms with Gasteiger partial charge in [0.05, 0.1) is 11.4 Å². The maximum atomic E-state index is 11.8. The van der Waals surface area contributed by atoms with Gasteiger partial charge in [-0.1, -0.05) is 12.2 Å². The Kier molecular flexibility index (Phi) is 4.63. The van der Waals surface area contributed by atoms with E-state index < -0.39 is 29.7 Å². The number of nitrogens with two attached hydrogens (primary N) is 1. The summed E-state index contributed by atoms with van der Waals surface area (Å²) in [6, 6.07) is 6.14. The normalized spacial score (nSPS) is 27.4. The molecule has 0 radical (unpaired) electrons. The van der Waals surface area contributed by atoms with Crippen LogP contribution in [-0.2, 0) is 20.2 Å². The number of hydrogen-bond donors (Lipinski definition) is 3. The first-order valence-electron chi connectivity index (χ1n) is 6.94. The number of anilines is 1. The Morgan fingerprint density at radius 2 is 1.48 bits per heavy atom. The van der Waals surface area contributed by atoms with E-state index in [0.717, 1.165) is 32.1 Å². The fourth-order valence-corrected chi connectivity index (χ4v) is 3.14. The predicted octanol–water partition coefficient (Wildman–Crippen LogP) is 2.10. The Bertz CT molecular complexity index is 980. The average Bonchev–Trinajstić information content (AvgIpc) is 2.48. The molecule has 1 aliphatic carbocycles. The van der Waals surface area contributed by atoms with Gasteiger partial charge in [-0.25, -0.2) is 0 Å². The summed E-state index contributed by atoms with van der Waals surface area (Å²) >= 11 is 0. The second-order valence-corrected chi connectivity index (χ2v) is 9.52. The van der Waals surface area contributed by atoms with E-state index in [4.69, 9.17) is 5.73 Å². The van der Waals surface area contributed by atoms with Gasteiger partial charge in [-0.3, -0.25) is 9.11 Å². The molecular weight excluding hydrogens is 370 g/mol. The van der Waals surface area contributed by atoms with Crippen LogP contribution in [-0.4, -0.2) is 35.4 Å². The third kappa shape index (κ3) is 3.63. The molecule has 0 heterocycles. The first-order chi connectivity index (χ1) is 11.3. The Hall–Kier alpha value is -2.08. The molecule has 1 aromatic rings. The van der Waals surface area contributed by atoms with Crippen LogP contribution < -0.4 is 5.73 Å². The summed E-state index contributed by atoms with van der Waals surface area (Å²) < 4.78 is 61.7. The van der Waals surface area contributed by atoms with E-state index in [1.807, 2.05) is 0 Å². The Labute approximate surface area is 145 Å². The van der Waals surface area contributed by atoms with E-state index in [9.17, 15) is 25.9 Å². The van der Waals surface area contributed by atoms with Gasteiger partial charge in [-0.2, -0.15) is 27.1 Å². The van der Waals surface area contributed by atoms with Gasteiger partial charge in [-0.05, 0) is 44.2 Å². The lowest BCUT2D eigenvalue weighted by Gasteiger charge is -2.31. The number of nitrogen functional groups attached to an aromatic ring is 1. The lowest BCUT2D eigenvalue weighted by atomic mass is 9.94. The fraction of sp³-hybridized carbons (Fsp3) is 0.286. The molecule has 1 aliphatic rings. The highest BCUT2D eigenvalue weighted by Gasteiger charge is 2.48. The maximum Gasteiger partial charge on any atom is 0.279 e. The molecule has 25 heavy (non-hydrogen) atoms. The topological polar surface area (TPSA) is 159 Å². The zero-order valence-corrected chi connectivity index (χ0v) is 15.0. The van der Waals surface area contributed by atoms with Crippen LogP contribution in [0.1, 0.15) is 13.8 Å². The third-order valence-electron chi connectivity index (χ3n) is 3.92. The van der Waals surface area contributed by atoms with Crippen LogP contribution in [0.2, 0.25) is 0 Å². The van der Waals surface area contributed by atoms with E-state index in [2.05, 4.69) is 10.2 Å². The summed E-state index contributed by atoms with van der Waals surface area (Å²) in [4.78, 5) is 0. The highest BCUT2D eigenvalue weighted by atomic mass is 32.2. The van der Waals surface area contributed by atoms with Gasteiger partial charge in [0.2, 0.25) is 0 Å². The summed E-state index contributed by atoms with van der Waals surface area (Å²) in [6.45, 7) is 2.29. The first kappa shape index (κ1) is 19.2. The number of azo groups is 1. The molecule has 0 aliphatic heterocycles. The zero-order valence-electron chi connectivity index (χ0n) is 13.4. The molecule has 136 valence electrons. The summed E-state index contributed by atoms with van der Waals surface area (Å²) in [5.41, 5.74) is 6.01. The minimum atomic E-state index is -4.69. The molecule has 0 saturated heterocycles. The van der Waals surface area contributed by atoms with Gasteiger partial charge in [-0.15, -0.1) is 0 Å². The molecule has 0 amide bonds. The smallest absolute Gasteiger partial charge is 0.279 e. The van der Waals surface area contributed by atoms with Crippen LogP contribution in [0.3, 0.4) is 0 Å². The minimum absolute atomic E-state index is 0.330. The maximum absolute atomic E-state index is 11.8. The van der Waals surface area contributed by atoms with Gasteiger partial charge in [0.15, 0.2) is 4.75 Å². The van der Waals surface area contributed by atoms with Crippen molar-refractivity contribution in [2.75, 3.05) is 5.73 Å². The molecule has 0 spiro atoms. The molecule has 0 saturated carbocycles. The fourth-order valence-electron chi connectivity index (χ4n) is 2.03. The van der Waals surface area contributed by atoms with Gasteiger partial charge < -0.3 is 5.73 Å². The summed E-state index contributed by atoms with van der Waals surface area (Å²) in [7, 11) is -9.29. The van der Waals surface area contributed by atoms with Crippen molar-refractivity contribution in [2.24, 2.45) is 10.2 Å². The highest BCUT2D eigenvalue weighted by molar-refractivity contribution is 7.88. The largest absolute Gasteiger partial charge is 0.399 e. The van der Waals surface area contributed by atoms with E-state index in [-0.39, 0.29) is 5.70 Å². The molecule has 11 heteroatoms. The van der Waals surface area contributed by atoms with Crippen molar-refractivity contribution in [1.29, 1.82) is 0 Å². The second-order valence-electron chi connectivity index (χ2n) is 5.90. The molecule has 2 rings (SSSR count). The Morgan fingerprint density at radius 1 is 0.920 bits per heavy atom. The number of hydrogen-bond acceptors (Lipinski definition) is 7. The lowest BCUT2D eigenvalue weighted by molar-refractivity contribution is 0.452. The number of rotatable bonds is 4. The summed E-state index contributed by atoms with van der Waals surface area (Å²) in [5, 5.41) is 7.63. The van der Waals surface area contributed by atoms with Crippen molar-refractivity contribution in [1.82, 2.24) is 0 Å². The summed E-state index contributed by atoms with van der Waals surface area (Å²) in [5.74, 6) is 0. The molecule has 2 atom stereocenters. The van der Waals surface area contributed by atoms with E-state index in [1.165, 1.54) is 12.1 Å². The second kappa shape index (κ2) is 6.02. The Morgan fingerprint density at radius 3 is 1.96 bits per heavy atom. The van der Waals surface area contributed by atoms with Crippen molar-refractivity contribution in [3.63, 3.8) is 0 Å². The minimum Gasteiger partial charge on any atom is -0.399 e. The van der Waals surface area contributed by atoms with Crippen molar-refractivity contribution < 1.29 is 25.9 Å². The lowest BCUT2D eigenvalue weighted by Crippen LogP contribution is -2.42. The zero-order chi connectivity index (χ0) is 19.1. The van der Waals surface area contributed by atoms with Crippen LogP contribution in [0.5, 0.6) is 0 Å². The SMILES string of the molecule is CC1(S(=O)(=O)O)C=CC(C)(S(=O)(=O)O)C(N=Nc2ccc(N)cc2)=C1. The van der Waals surface area contributed by atoms with Crippen LogP contribution >= 0.6 is 0 Å². The first-order valence-corrected chi connectivity index (χ1v) is 9.82. The Balaban J connectivity index is 2.59. The van der Waals surface area contributed by atoms with Gasteiger partial charge in [0, 0.05) is 5.69 Å². The highest BCUT2D eigenvalue weighted by Crippen LogP contribution is 2.38. The molecule has 0 aromatic heterocycles. The third-order valence-corrected chi connectivity index (χ3v) is 6.70. The van der Waals surface area contributed by atoms with E-state index in [0.29, 0.717) is 11.4 Å². The monoisotopic (exact) mass is 387 g/mol. The van der Waals surface area contributed by atoms with Crippen molar-refractivity contribution in [2.45, 2.75) is 23.3 Å². The standard InChI is InChI=1S/C14H17N3O6S2/c1-13(24(18,19)20)7-8-14(2,25(21,22)23)12(9-13)17-16-11-5-3-10(15)4-6-11/h3-9H,15H2,1-2H3,(H,18,19,20)(H,21,22,23). The van der Waals surface area contributed by atoms with Crippen molar-refractivity contribution >= 4 is 31.6 Å². The van der Waals surface area contributed by atoms with Crippen LogP contribution in [0.4, 0.5) is 11.4 Å². The van der Waals surface area contributed by atoms with Gasteiger partial charge in [0.1, 0.15) is 4.75 Å². The van der Waals surface area contributed by atoms with Crippen molar-refractivity contribution in [3.8, 4) is 0 Å². The molecule has 2 unspecified atom stereocenters. The van der Waals surface area contributed by atoms with Crippen LogP contribution in [0.15, 0.2) is 58.4 Å². The average molecular weight is 387 g/mol. The number of benzene rings is 1. The quantitative estimate of drug-likeness (QED) is 0.308. The van der Waals surface area contributed by atoms with E-state index >= 15 is 0 Å². The molecule has 4 N–H and O–H groups in total. The van der Waals surface area contributed by atoms with Gasteiger partial charge in [0.25, 0.3) is 20.2 Å². The molecule has 0 fully saturated rings. The predicted molar refractivity (Wildman–Crippen MR) is 92.5 cm³/mol. The number of nitrogens with zero attached hydrogens (tertiary/aromatic N) is 2. The van der Waals surface area contributed by atoms with E-state index in [1.54, 1.807) is 12.1 Å². The van der Waals surface area contributed by atoms with Gasteiger partial charge >= 0.3 is 0 Å². The van der Waals surface area contributed by atoms with Crippen LogP contribution in [0, 0.1) is 0 Å². The van der Waals surface area contributed by atoms with Crippen molar-refractivity contribution in [3.05, 3.63) is 48.2 Å².